The van der Waals surface area contributed by atoms with Crippen LogP contribution in [-0.4, -0.2) is 14.5 Å². The predicted octanol–water partition coefficient (Wildman–Crippen LogP) is 9.34. The Morgan fingerprint density at radius 3 is 1.89 bits per heavy atom. The fourth-order valence-electron chi connectivity index (χ4n) is 5.10. The third-order valence-electron chi connectivity index (χ3n) is 6.86. The Balaban J connectivity index is 1.44. The summed E-state index contributed by atoms with van der Waals surface area (Å²) in [5, 5.41) is 2.45. The third kappa shape index (κ3) is 4.00. The quantitative estimate of drug-likeness (QED) is 0.218. The molecule has 7 rings (SSSR count). The van der Waals surface area contributed by atoms with E-state index in [9.17, 15) is 0 Å². The van der Waals surface area contributed by atoms with E-state index in [0.717, 1.165) is 38.2 Å². The molecule has 3 nitrogen and oxygen atoms in total. The van der Waals surface area contributed by atoms with Gasteiger partial charge in [-0.25, -0.2) is 9.97 Å². The largest absolute Gasteiger partial charge is 0.309 e. The van der Waals surface area contributed by atoms with Crippen molar-refractivity contribution in [3.63, 3.8) is 0 Å². The molecule has 0 aliphatic rings. The van der Waals surface area contributed by atoms with Crippen LogP contribution in [0.1, 0.15) is 0 Å². The average molecular weight is 552 g/mol. The molecule has 0 fully saturated rings. The topological polar surface area (TPSA) is 30.7 Å². The minimum Gasteiger partial charge on any atom is -0.309 e. The van der Waals surface area contributed by atoms with E-state index in [-0.39, 0.29) is 0 Å². The summed E-state index contributed by atoms with van der Waals surface area (Å²) >= 11 is 3.65. The number of halogens is 1. The summed E-state index contributed by atoms with van der Waals surface area (Å²) in [5.74, 6) is 0.717. The first-order valence-electron chi connectivity index (χ1n) is 12.5. The molecule has 0 amide bonds. The van der Waals surface area contributed by atoms with E-state index in [0.29, 0.717) is 5.82 Å². The van der Waals surface area contributed by atoms with Crippen molar-refractivity contribution in [2.75, 3.05) is 0 Å². The lowest BCUT2D eigenvalue weighted by Crippen LogP contribution is -1.97. The van der Waals surface area contributed by atoms with Gasteiger partial charge in [0.2, 0.25) is 0 Å². The number of para-hydroxylation sites is 1. The van der Waals surface area contributed by atoms with E-state index in [1.165, 1.54) is 21.8 Å². The van der Waals surface area contributed by atoms with Crippen LogP contribution < -0.4 is 0 Å². The van der Waals surface area contributed by atoms with Crippen LogP contribution in [0.3, 0.4) is 0 Å². The summed E-state index contributed by atoms with van der Waals surface area (Å²) in [7, 11) is 0. The molecule has 7 aromatic rings. The van der Waals surface area contributed by atoms with Crippen molar-refractivity contribution < 1.29 is 0 Å². The first kappa shape index (κ1) is 22.6. The maximum absolute atomic E-state index is 5.03. The zero-order valence-corrected chi connectivity index (χ0v) is 22.0. The zero-order chi connectivity index (χ0) is 25.5. The van der Waals surface area contributed by atoms with E-state index in [1.54, 1.807) is 0 Å². The van der Waals surface area contributed by atoms with Crippen LogP contribution in [0.25, 0.3) is 61.4 Å². The van der Waals surface area contributed by atoms with Crippen LogP contribution in [0.4, 0.5) is 0 Å². The number of rotatable bonds is 4. The van der Waals surface area contributed by atoms with E-state index in [2.05, 4.69) is 118 Å². The molecule has 0 N–H and O–H groups in total. The molecule has 2 aromatic heterocycles. The highest BCUT2D eigenvalue weighted by Crippen LogP contribution is 2.35. The number of benzene rings is 5. The molecular formula is C34H22BrN3. The Morgan fingerprint density at radius 2 is 1.11 bits per heavy atom. The highest BCUT2D eigenvalue weighted by Gasteiger charge is 2.15. The monoisotopic (exact) mass is 551 g/mol. The molecule has 0 bridgehead atoms. The minimum absolute atomic E-state index is 0.717. The molecule has 0 saturated heterocycles. The van der Waals surface area contributed by atoms with Gasteiger partial charge in [-0.15, -0.1) is 0 Å². The Kier molecular flexibility index (Phi) is 5.60. The Morgan fingerprint density at radius 1 is 0.474 bits per heavy atom. The third-order valence-corrected chi connectivity index (χ3v) is 7.36. The van der Waals surface area contributed by atoms with Gasteiger partial charge in [-0.05, 0) is 42.5 Å². The van der Waals surface area contributed by atoms with Crippen molar-refractivity contribution in [1.82, 2.24) is 14.5 Å². The summed E-state index contributed by atoms with van der Waals surface area (Å²) in [5.41, 5.74) is 8.34. The van der Waals surface area contributed by atoms with E-state index < -0.39 is 0 Å². The Labute approximate surface area is 229 Å². The van der Waals surface area contributed by atoms with Crippen LogP contribution in [-0.2, 0) is 0 Å². The molecule has 2 heterocycles. The van der Waals surface area contributed by atoms with Crippen molar-refractivity contribution >= 4 is 37.7 Å². The van der Waals surface area contributed by atoms with Gasteiger partial charge in [0.1, 0.15) is 0 Å². The smallest absolute Gasteiger partial charge is 0.160 e. The van der Waals surface area contributed by atoms with Crippen molar-refractivity contribution in [2.45, 2.75) is 0 Å². The van der Waals surface area contributed by atoms with Gasteiger partial charge in [0.15, 0.2) is 5.82 Å². The predicted molar refractivity (Wildman–Crippen MR) is 160 cm³/mol. The van der Waals surface area contributed by atoms with Crippen molar-refractivity contribution in [1.29, 1.82) is 0 Å². The summed E-state index contributed by atoms with van der Waals surface area (Å²) in [6.07, 6.45) is 0. The molecule has 0 aliphatic carbocycles. The summed E-state index contributed by atoms with van der Waals surface area (Å²) < 4.78 is 3.40. The number of fused-ring (bicyclic) bond motifs is 3. The highest BCUT2D eigenvalue weighted by atomic mass is 79.9. The lowest BCUT2D eigenvalue weighted by molar-refractivity contribution is 1.16. The maximum atomic E-state index is 5.03. The SMILES string of the molecule is Brc1ccc2c(c1)c1ccccc1n2-c1cccc(-c2cc(-c3ccccc3)nc(-c3ccccc3)n2)c1. The van der Waals surface area contributed by atoms with Gasteiger partial charge >= 0.3 is 0 Å². The molecule has 0 spiro atoms. The number of nitrogens with zero attached hydrogens (tertiary/aromatic N) is 3. The first-order valence-corrected chi connectivity index (χ1v) is 13.3. The highest BCUT2D eigenvalue weighted by molar-refractivity contribution is 9.10. The Hall–Kier alpha value is -4.54. The fraction of sp³-hybridized carbons (Fsp3) is 0. The van der Waals surface area contributed by atoms with Crippen LogP contribution in [0.5, 0.6) is 0 Å². The van der Waals surface area contributed by atoms with E-state index in [1.807, 2.05) is 36.4 Å². The number of aromatic nitrogens is 3. The zero-order valence-electron chi connectivity index (χ0n) is 20.4. The van der Waals surface area contributed by atoms with Gasteiger partial charge in [0.05, 0.1) is 22.4 Å². The van der Waals surface area contributed by atoms with Crippen molar-refractivity contribution in [2.24, 2.45) is 0 Å². The van der Waals surface area contributed by atoms with Crippen molar-refractivity contribution in [3.05, 3.63) is 138 Å². The van der Waals surface area contributed by atoms with Crippen LogP contribution in [0.2, 0.25) is 0 Å². The number of hydrogen-bond acceptors (Lipinski definition) is 2. The molecule has 0 atom stereocenters. The second-order valence-electron chi connectivity index (χ2n) is 9.26. The number of hydrogen-bond donors (Lipinski definition) is 0. The second-order valence-corrected chi connectivity index (χ2v) is 10.2. The molecule has 0 radical (unpaired) electrons. The fourth-order valence-corrected chi connectivity index (χ4v) is 5.46. The van der Waals surface area contributed by atoms with Crippen LogP contribution >= 0.6 is 15.9 Å². The molecule has 5 aromatic carbocycles. The maximum Gasteiger partial charge on any atom is 0.160 e. The van der Waals surface area contributed by atoms with E-state index in [4.69, 9.17) is 9.97 Å². The summed E-state index contributed by atoms with van der Waals surface area (Å²) in [6, 6.07) is 46.2. The lowest BCUT2D eigenvalue weighted by Gasteiger charge is -2.12. The molecular weight excluding hydrogens is 530 g/mol. The van der Waals surface area contributed by atoms with Crippen LogP contribution in [0, 0.1) is 0 Å². The molecule has 38 heavy (non-hydrogen) atoms. The van der Waals surface area contributed by atoms with Gasteiger partial charge < -0.3 is 4.57 Å². The van der Waals surface area contributed by atoms with Gasteiger partial charge in [0, 0.05) is 37.6 Å². The van der Waals surface area contributed by atoms with Gasteiger partial charge in [-0.2, -0.15) is 0 Å². The van der Waals surface area contributed by atoms with Gasteiger partial charge in [-0.1, -0.05) is 107 Å². The molecule has 0 saturated carbocycles. The summed E-state index contributed by atoms with van der Waals surface area (Å²) in [6.45, 7) is 0. The van der Waals surface area contributed by atoms with Crippen molar-refractivity contribution in [3.8, 4) is 39.6 Å². The Bertz CT molecular complexity index is 1870. The average Bonchev–Trinajstić information content (AvgIpc) is 3.31. The normalized spacial score (nSPS) is 11.3. The summed E-state index contributed by atoms with van der Waals surface area (Å²) in [4.78, 5) is 9.97. The lowest BCUT2D eigenvalue weighted by atomic mass is 10.1. The standard InChI is InChI=1S/C34H22BrN3/c35-26-18-19-33-29(21-26)28-16-7-8-17-32(28)38(33)27-15-9-14-25(20-27)31-22-30(23-10-3-1-4-11-23)36-34(37-31)24-12-5-2-6-13-24/h1-22H. The molecule has 0 unspecified atom stereocenters. The molecule has 4 heteroatoms. The first-order chi connectivity index (χ1) is 18.7. The molecule has 0 aliphatic heterocycles. The second kappa shape index (κ2) is 9.40. The van der Waals surface area contributed by atoms with Gasteiger partial charge in [0.25, 0.3) is 0 Å². The van der Waals surface area contributed by atoms with Gasteiger partial charge in [-0.3, -0.25) is 0 Å². The minimum atomic E-state index is 0.717. The molecule has 180 valence electrons. The van der Waals surface area contributed by atoms with E-state index >= 15 is 0 Å². The van der Waals surface area contributed by atoms with Crippen LogP contribution in [0.15, 0.2) is 138 Å².